The molecule has 0 bridgehead atoms. The van der Waals surface area contributed by atoms with E-state index in [0.717, 1.165) is 59.6 Å². The average molecular weight is 493 g/mol. The summed E-state index contributed by atoms with van der Waals surface area (Å²) in [6.07, 6.45) is 1.93. The van der Waals surface area contributed by atoms with Crippen LogP contribution in [-0.2, 0) is 6.54 Å². The lowest BCUT2D eigenvalue weighted by atomic mass is 9.98. The number of piperidine rings is 1. The fraction of sp³-hybridized carbons (Fsp3) is 0.483. The second kappa shape index (κ2) is 10.8. The molecule has 2 heterocycles. The van der Waals surface area contributed by atoms with Crippen molar-refractivity contribution in [1.82, 2.24) is 9.47 Å². The molecule has 0 aliphatic carbocycles. The summed E-state index contributed by atoms with van der Waals surface area (Å²) in [6.45, 7) is 10.9. The standard InChI is InChI=1S/C29H40N4O3/c1-7-33-24-16-27(36-6)26(35-5)15-21(24)14-25(33)28(18(2)3)31-23-13-20(11-10-19(23)4)29(34)32-12-8-9-22(30)17-32/h10-11,13-16,18,22,28,31H,7-9,12,17,30H2,1-6H3. The molecule has 4 rings (SSSR count). The van der Waals surface area contributed by atoms with Crippen molar-refractivity contribution >= 4 is 22.5 Å². The fourth-order valence-electron chi connectivity index (χ4n) is 5.26. The highest BCUT2D eigenvalue weighted by molar-refractivity contribution is 5.95. The number of anilines is 1. The number of fused-ring (bicyclic) bond motifs is 1. The largest absolute Gasteiger partial charge is 0.493 e. The summed E-state index contributed by atoms with van der Waals surface area (Å²) in [5.41, 5.74) is 11.2. The zero-order valence-corrected chi connectivity index (χ0v) is 22.4. The molecule has 2 aromatic carbocycles. The van der Waals surface area contributed by atoms with Gasteiger partial charge >= 0.3 is 0 Å². The molecule has 7 nitrogen and oxygen atoms in total. The van der Waals surface area contributed by atoms with E-state index in [1.54, 1.807) is 14.2 Å². The molecule has 1 saturated heterocycles. The summed E-state index contributed by atoms with van der Waals surface area (Å²) >= 11 is 0. The number of aryl methyl sites for hydroxylation is 2. The quantitative estimate of drug-likeness (QED) is 0.442. The van der Waals surface area contributed by atoms with E-state index in [2.05, 4.69) is 43.6 Å². The molecule has 1 fully saturated rings. The van der Waals surface area contributed by atoms with E-state index in [1.165, 1.54) is 5.69 Å². The summed E-state index contributed by atoms with van der Waals surface area (Å²) in [6, 6.07) is 12.4. The number of carbonyl (C=O) groups is 1. The van der Waals surface area contributed by atoms with Gasteiger partial charge in [0.2, 0.25) is 0 Å². The number of carbonyl (C=O) groups excluding carboxylic acids is 1. The smallest absolute Gasteiger partial charge is 0.253 e. The Morgan fingerprint density at radius 2 is 1.86 bits per heavy atom. The Bertz CT molecular complexity index is 1230. The van der Waals surface area contributed by atoms with E-state index < -0.39 is 0 Å². The van der Waals surface area contributed by atoms with Gasteiger partial charge in [0.15, 0.2) is 11.5 Å². The number of rotatable bonds is 8. The summed E-state index contributed by atoms with van der Waals surface area (Å²) in [5.74, 6) is 1.80. The van der Waals surface area contributed by atoms with Crippen LogP contribution in [0, 0.1) is 12.8 Å². The lowest BCUT2D eigenvalue weighted by Crippen LogP contribution is -2.45. The lowest BCUT2D eigenvalue weighted by Gasteiger charge is -2.31. The summed E-state index contributed by atoms with van der Waals surface area (Å²) in [4.78, 5) is 15.1. The number of benzene rings is 2. The van der Waals surface area contributed by atoms with Crippen LogP contribution < -0.4 is 20.5 Å². The maximum atomic E-state index is 13.3. The molecule has 1 aromatic heterocycles. The van der Waals surface area contributed by atoms with Crippen molar-refractivity contribution in [3.05, 3.63) is 53.2 Å². The van der Waals surface area contributed by atoms with Crippen LogP contribution in [0.15, 0.2) is 36.4 Å². The molecule has 7 heteroatoms. The Kier molecular flexibility index (Phi) is 7.79. The van der Waals surface area contributed by atoms with Gasteiger partial charge in [0, 0.05) is 54.1 Å². The fourth-order valence-corrected chi connectivity index (χ4v) is 5.26. The highest BCUT2D eigenvalue weighted by Gasteiger charge is 2.25. The summed E-state index contributed by atoms with van der Waals surface area (Å²) < 4.78 is 13.4. The maximum Gasteiger partial charge on any atom is 0.253 e. The van der Waals surface area contributed by atoms with E-state index in [4.69, 9.17) is 15.2 Å². The molecule has 0 radical (unpaired) electrons. The number of hydrogen-bond donors (Lipinski definition) is 2. The number of aromatic nitrogens is 1. The maximum absolute atomic E-state index is 13.3. The van der Waals surface area contributed by atoms with Gasteiger partial charge in [-0.05, 0) is 62.4 Å². The van der Waals surface area contributed by atoms with Crippen LogP contribution in [0.2, 0.25) is 0 Å². The molecule has 1 amide bonds. The summed E-state index contributed by atoms with van der Waals surface area (Å²) in [5, 5.41) is 4.89. The number of amides is 1. The average Bonchev–Trinajstić information content (AvgIpc) is 3.23. The molecule has 1 aliphatic rings. The number of methoxy groups -OCH3 is 2. The molecule has 194 valence electrons. The molecular weight excluding hydrogens is 452 g/mol. The van der Waals surface area contributed by atoms with Crippen LogP contribution in [-0.4, -0.2) is 48.7 Å². The number of ether oxygens (including phenoxy) is 2. The molecule has 0 saturated carbocycles. The van der Waals surface area contributed by atoms with Gasteiger partial charge in [0.25, 0.3) is 5.91 Å². The third kappa shape index (κ3) is 5.03. The van der Waals surface area contributed by atoms with Crippen molar-refractivity contribution in [3.8, 4) is 11.5 Å². The molecule has 3 aromatic rings. The van der Waals surface area contributed by atoms with Crippen molar-refractivity contribution in [2.45, 2.75) is 59.2 Å². The Morgan fingerprint density at radius 1 is 1.14 bits per heavy atom. The minimum absolute atomic E-state index is 0.0433. The first kappa shape index (κ1) is 25.9. The van der Waals surface area contributed by atoms with Crippen LogP contribution in [0.5, 0.6) is 11.5 Å². The van der Waals surface area contributed by atoms with E-state index in [1.807, 2.05) is 35.2 Å². The monoisotopic (exact) mass is 492 g/mol. The molecule has 0 spiro atoms. The van der Waals surface area contributed by atoms with Crippen molar-refractivity contribution in [2.24, 2.45) is 11.7 Å². The molecule has 3 N–H and O–H groups in total. The number of nitrogens with one attached hydrogen (secondary N) is 1. The highest BCUT2D eigenvalue weighted by atomic mass is 16.5. The van der Waals surface area contributed by atoms with Crippen molar-refractivity contribution in [3.63, 3.8) is 0 Å². The molecule has 1 aliphatic heterocycles. The first-order valence-electron chi connectivity index (χ1n) is 12.9. The lowest BCUT2D eigenvalue weighted by molar-refractivity contribution is 0.0709. The van der Waals surface area contributed by atoms with Gasteiger partial charge < -0.3 is 30.0 Å². The third-order valence-electron chi connectivity index (χ3n) is 7.28. The second-order valence-corrected chi connectivity index (χ2v) is 10.1. The van der Waals surface area contributed by atoms with Crippen LogP contribution in [0.25, 0.3) is 10.9 Å². The van der Waals surface area contributed by atoms with Crippen LogP contribution in [0.4, 0.5) is 5.69 Å². The second-order valence-electron chi connectivity index (χ2n) is 10.1. The SMILES string of the molecule is CCn1c(C(Nc2cc(C(=O)N3CCCC(N)C3)ccc2C)C(C)C)cc2cc(OC)c(OC)cc21. The zero-order chi connectivity index (χ0) is 26.0. The number of hydrogen-bond acceptors (Lipinski definition) is 5. The predicted octanol–water partition coefficient (Wildman–Crippen LogP) is 5.36. The van der Waals surface area contributed by atoms with Gasteiger partial charge in [0.05, 0.1) is 25.8 Å². The first-order chi connectivity index (χ1) is 17.3. The topological polar surface area (TPSA) is 81.8 Å². The number of nitrogens with two attached hydrogens (primary N) is 1. The third-order valence-corrected chi connectivity index (χ3v) is 7.28. The summed E-state index contributed by atoms with van der Waals surface area (Å²) in [7, 11) is 3.32. The molecular formula is C29H40N4O3. The Labute approximate surface area is 214 Å². The van der Waals surface area contributed by atoms with Crippen molar-refractivity contribution in [2.75, 3.05) is 32.6 Å². The molecule has 2 atom stereocenters. The van der Waals surface area contributed by atoms with Gasteiger partial charge in [-0.25, -0.2) is 0 Å². The predicted molar refractivity (Wildman–Crippen MR) is 146 cm³/mol. The van der Waals surface area contributed by atoms with Gasteiger partial charge in [-0.3, -0.25) is 4.79 Å². The van der Waals surface area contributed by atoms with Gasteiger partial charge in [-0.15, -0.1) is 0 Å². The minimum atomic E-state index is 0.0433. The van der Waals surface area contributed by atoms with Crippen molar-refractivity contribution < 1.29 is 14.3 Å². The number of nitrogens with zero attached hydrogens (tertiary/aromatic N) is 2. The van der Waals surface area contributed by atoms with Crippen LogP contribution in [0.1, 0.15) is 61.3 Å². The van der Waals surface area contributed by atoms with E-state index in [-0.39, 0.29) is 18.0 Å². The van der Waals surface area contributed by atoms with Gasteiger partial charge in [-0.1, -0.05) is 19.9 Å². The normalized spacial score (nSPS) is 16.9. The molecule has 2 unspecified atom stereocenters. The molecule has 36 heavy (non-hydrogen) atoms. The van der Waals surface area contributed by atoms with Crippen LogP contribution in [0.3, 0.4) is 0 Å². The van der Waals surface area contributed by atoms with Crippen molar-refractivity contribution in [1.29, 1.82) is 0 Å². The van der Waals surface area contributed by atoms with Crippen LogP contribution >= 0.6 is 0 Å². The minimum Gasteiger partial charge on any atom is -0.493 e. The van der Waals surface area contributed by atoms with E-state index >= 15 is 0 Å². The Hall–Kier alpha value is -3.19. The van der Waals surface area contributed by atoms with E-state index in [0.29, 0.717) is 18.0 Å². The van der Waals surface area contributed by atoms with E-state index in [9.17, 15) is 4.79 Å². The Balaban J connectivity index is 1.70. The van der Waals surface area contributed by atoms with Gasteiger partial charge in [-0.2, -0.15) is 0 Å². The number of likely N-dealkylation sites (tertiary alicyclic amines) is 1. The first-order valence-corrected chi connectivity index (χ1v) is 12.9. The highest BCUT2D eigenvalue weighted by Crippen LogP contribution is 2.38. The van der Waals surface area contributed by atoms with Gasteiger partial charge in [0.1, 0.15) is 0 Å². The Morgan fingerprint density at radius 3 is 2.50 bits per heavy atom. The zero-order valence-electron chi connectivity index (χ0n) is 22.4.